The monoisotopic (exact) mass is 688 g/mol. The lowest BCUT2D eigenvalue weighted by Gasteiger charge is -2.31. The highest BCUT2D eigenvalue weighted by Gasteiger charge is 2.51. The SMILES string of the molecule is CCC=CC=CCc1cc(-c2ccc3c(c2)C2(c4ccccc4-c4ccccc42)c2ccccc2-3)c(-c2ccccc2)c2c1C1=CC=CC3C=CC=C2C13. The molecule has 5 aliphatic rings. The van der Waals surface area contributed by atoms with Crippen LogP contribution in [0.5, 0.6) is 0 Å². The molecule has 1 spiro atoms. The Hall–Kier alpha value is -6.24. The van der Waals surface area contributed by atoms with Crippen molar-refractivity contribution in [2.45, 2.75) is 25.2 Å². The average molecular weight is 689 g/mol. The molecule has 0 saturated heterocycles. The Morgan fingerprint density at radius 2 is 1.07 bits per heavy atom. The summed E-state index contributed by atoms with van der Waals surface area (Å²) in [5.74, 6) is 0.723. The van der Waals surface area contributed by atoms with Gasteiger partial charge in [-0.2, -0.15) is 0 Å². The molecule has 0 nitrogen and oxygen atoms in total. The van der Waals surface area contributed by atoms with Crippen LogP contribution in [-0.2, 0) is 11.8 Å². The minimum absolute atomic E-state index is 0.347. The van der Waals surface area contributed by atoms with E-state index in [0.717, 1.165) is 12.8 Å². The zero-order valence-corrected chi connectivity index (χ0v) is 30.5. The first-order valence-electron chi connectivity index (χ1n) is 19.6. The van der Waals surface area contributed by atoms with Gasteiger partial charge in [-0.05, 0) is 120 Å². The maximum atomic E-state index is 2.56. The van der Waals surface area contributed by atoms with Crippen molar-refractivity contribution in [1.82, 2.24) is 0 Å². The maximum absolute atomic E-state index is 2.56. The minimum atomic E-state index is -0.384. The van der Waals surface area contributed by atoms with Crippen molar-refractivity contribution in [3.05, 3.63) is 227 Å². The van der Waals surface area contributed by atoms with Gasteiger partial charge < -0.3 is 0 Å². The highest BCUT2D eigenvalue weighted by molar-refractivity contribution is 6.07. The van der Waals surface area contributed by atoms with E-state index in [2.05, 4.69) is 195 Å². The summed E-state index contributed by atoms with van der Waals surface area (Å²) in [4.78, 5) is 0. The fourth-order valence-corrected chi connectivity index (χ4v) is 10.5. The molecule has 0 N–H and O–H groups in total. The van der Waals surface area contributed by atoms with E-state index in [9.17, 15) is 0 Å². The third-order valence-corrected chi connectivity index (χ3v) is 12.6. The van der Waals surface area contributed by atoms with E-state index < -0.39 is 0 Å². The molecular formula is C54H40. The molecule has 6 aromatic carbocycles. The van der Waals surface area contributed by atoms with Gasteiger partial charge in [-0.25, -0.2) is 0 Å². The van der Waals surface area contributed by atoms with E-state index >= 15 is 0 Å². The van der Waals surface area contributed by atoms with E-state index in [1.165, 1.54) is 94.6 Å². The van der Waals surface area contributed by atoms with Crippen LogP contribution in [0.4, 0.5) is 0 Å². The second kappa shape index (κ2) is 12.2. The molecule has 2 atom stereocenters. The van der Waals surface area contributed by atoms with Crippen LogP contribution in [-0.4, -0.2) is 0 Å². The van der Waals surface area contributed by atoms with E-state index in [1.807, 2.05) is 0 Å². The quantitative estimate of drug-likeness (QED) is 0.153. The fraction of sp³-hybridized carbons (Fsp3) is 0.111. The maximum Gasteiger partial charge on any atom is 0.0725 e. The van der Waals surface area contributed by atoms with Crippen LogP contribution < -0.4 is 0 Å². The smallest absolute Gasteiger partial charge is 0.0725 e. The lowest BCUT2D eigenvalue weighted by Crippen LogP contribution is -2.25. The van der Waals surface area contributed by atoms with Gasteiger partial charge in [-0.15, -0.1) is 0 Å². The molecule has 2 unspecified atom stereocenters. The Bertz CT molecular complexity index is 2660. The van der Waals surface area contributed by atoms with Crippen molar-refractivity contribution in [3.8, 4) is 44.5 Å². The Balaban J connectivity index is 1.22. The molecule has 0 aliphatic heterocycles. The third kappa shape index (κ3) is 4.26. The lowest BCUT2D eigenvalue weighted by molar-refractivity contribution is 0.707. The summed E-state index contributed by atoms with van der Waals surface area (Å²) in [6.07, 6.45) is 25.1. The van der Waals surface area contributed by atoms with Crippen LogP contribution in [0.2, 0.25) is 0 Å². The van der Waals surface area contributed by atoms with Gasteiger partial charge >= 0.3 is 0 Å². The first-order chi connectivity index (χ1) is 26.8. The minimum Gasteiger partial charge on any atom is -0.0848 e. The molecule has 0 saturated carbocycles. The van der Waals surface area contributed by atoms with Crippen molar-refractivity contribution in [2.24, 2.45) is 11.8 Å². The zero-order valence-electron chi connectivity index (χ0n) is 30.5. The van der Waals surface area contributed by atoms with Gasteiger partial charge in [0, 0.05) is 11.8 Å². The summed E-state index contributed by atoms with van der Waals surface area (Å²) in [7, 11) is 0. The number of hydrogen-bond donors (Lipinski definition) is 0. The molecule has 0 heteroatoms. The van der Waals surface area contributed by atoms with Crippen LogP contribution >= 0.6 is 0 Å². The van der Waals surface area contributed by atoms with Gasteiger partial charge in [-0.3, -0.25) is 0 Å². The fourth-order valence-electron chi connectivity index (χ4n) is 10.5. The molecule has 54 heavy (non-hydrogen) atoms. The van der Waals surface area contributed by atoms with Crippen LogP contribution in [0.15, 0.2) is 188 Å². The second-order valence-electron chi connectivity index (χ2n) is 15.3. The second-order valence-corrected chi connectivity index (χ2v) is 15.3. The number of fused-ring (bicyclic) bond motifs is 13. The van der Waals surface area contributed by atoms with Crippen LogP contribution in [0.1, 0.15) is 52.3 Å². The topological polar surface area (TPSA) is 0 Å². The molecule has 0 heterocycles. The molecular weight excluding hydrogens is 649 g/mol. The summed E-state index contributed by atoms with van der Waals surface area (Å²) >= 11 is 0. The van der Waals surface area contributed by atoms with Crippen molar-refractivity contribution in [1.29, 1.82) is 0 Å². The first kappa shape index (κ1) is 31.3. The third-order valence-electron chi connectivity index (χ3n) is 12.6. The predicted octanol–water partition coefficient (Wildman–Crippen LogP) is 13.6. The number of hydrogen-bond acceptors (Lipinski definition) is 0. The van der Waals surface area contributed by atoms with Crippen LogP contribution in [0.25, 0.3) is 55.7 Å². The van der Waals surface area contributed by atoms with Gasteiger partial charge in [0.25, 0.3) is 0 Å². The van der Waals surface area contributed by atoms with Gasteiger partial charge in [0.05, 0.1) is 5.41 Å². The highest BCUT2D eigenvalue weighted by atomic mass is 14.5. The summed E-state index contributed by atoms with van der Waals surface area (Å²) in [6, 6.07) is 48.5. The number of rotatable bonds is 6. The normalized spacial score (nSPS) is 18.7. The molecule has 256 valence electrons. The van der Waals surface area contributed by atoms with Crippen molar-refractivity contribution < 1.29 is 0 Å². The summed E-state index contributed by atoms with van der Waals surface area (Å²) in [6.45, 7) is 2.19. The molecule has 0 aromatic heterocycles. The van der Waals surface area contributed by atoms with E-state index in [-0.39, 0.29) is 5.41 Å². The molecule has 0 radical (unpaired) electrons. The molecule has 0 amide bonds. The molecule has 0 fully saturated rings. The molecule has 6 aromatic rings. The van der Waals surface area contributed by atoms with Gasteiger partial charge in [0.15, 0.2) is 0 Å². The van der Waals surface area contributed by atoms with Crippen molar-refractivity contribution >= 4 is 11.1 Å². The summed E-state index contributed by atoms with van der Waals surface area (Å²) in [5.41, 5.74) is 22.8. The molecule has 5 aliphatic carbocycles. The molecule has 11 rings (SSSR count). The van der Waals surface area contributed by atoms with Crippen molar-refractivity contribution in [3.63, 3.8) is 0 Å². The summed E-state index contributed by atoms with van der Waals surface area (Å²) < 4.78 is 0. The Morgan fingerprint density at radius 3 is 1.72 bits per heavy atom. The number of benzene rings is 6. The van der Waals surface area contributed by atoms with E-state index in [0.29, 0.717) is 11.8 Å². The summed E-state index contributed by atoms with van der Waals surface area (Å²) in [5, 5.41) is 0. The van der Waals surface area contributed by atoms with Gasteiger partial charge in [0.2, 0.25) is 0 Å². The molecule has 0 bridgehead atoms. The standard InChI is InChI=1S/C54H40/c1-2-3-4-5-7-20-38-33-45(51(36-18-8-6-9-19-36)53-44-27-17-22-35-21-16-26-43(50(35)44)52(38)53)37-31-32-42-41-25-12-15-30-48(41)54(49(42)34-37)46-28-13-10-23-39(46)40-24-11-14-29-47(40)54/h3-19,21-35,50H,2,20H2,1H3. The zero-order chi connectivity index (χ0) is 35.8. The lowest BCUT2D eigenvalue weighted by atomic mass is 9.70. The van der Waals surface area contributed by atoms with Gasteiger partial charge in [0.1, 0.15) is 0 Å². The first-order valence-corrected chi connectivity index (χ1v) is 19.6. The van der Waals surface area contributed by atoms with Gasteiger partial charge in [-0.1, -0.05) is 183 Å². The van der Waals surface area contributed by atoms with Crippen molar-refractivity contribution in [2.75, 3.05) is 0 Å². The average Bonchev–Trinajstić information content (AvgIpc) is 3.84. The largest absolute Gasteiger partial charge is 0.0848 e. The Labute approximate surface area is 318 Å². The number of allylic oxidation sites excluding steroid dienone is 12. The van der Waals surface area contributed by atoms with Crippen LogP contribution in [0, 0.1) is 11.8 Å². The van der Waals surface area contributed by atoms with E-state index in [1.54, 1.807) is 0 Å². The Morgan fingerprint density at radius 1 is 0.500 bits per heavy atom. The Kier molecular flexibility index (Phi) is 7.04. The van der Waals surface area contributed by atoms with Crippen LogP contribution in [0.3, 0.4) is 0 Å². The predicted molar refractivity (Wildman–Crippen MR) is 227 cm³/mol. The highest BCUT2D eigenvalue weighted by Crippen LogP contribution is 2.64. The van der Waals surface area contributed by atoms with E-state index in [4.69, 9.17) is 0 Å².